The van der Waals surface area contributed by atoms with Crippen molar-refractivity contribution in [1.29, 1.82) is 0 Å². The minimum absolute atomic E-state index is 0. The van der Waals surface area contributed by atoms with Crippen molar-refractivity contribution in [1.82, 2.24) is 20.4 Å². The van der Waals surface area contributed by atoms with E-state index in [1.165, 1.54) is 56.3 Å². The molecule has 2 fully saturated rings. The second kappa shape index (κ2) is 13.2. The van der Waals surface area contributed by atoms with Crippen LogP contribution in [0.15, 0.2) is 52.1 Å². The first-order chi connectivity index (χ1) is 15.3. The summed E-state index contributed by atoms with van der Waals surface area (Å²) < 4.78 is 5.72. The summed E-state index contributed by atoms with van der Waals surface area (Å²) in [5, 5.41) is 6.96. The lowest BCUT2D eigenvalue weighted by atomic mass is 10.1. The van der Waals surface area contributed by atoms with E-state index >= 15 is 0 Å². The average Bonchev–Trinajstić information content (AvgIpc) is 3.53. The second-order valence-electron chi connectivity index (χ2n) is 8.73. The summed E-state index contributed by atoms with van der Waals surface area (Å²) in [6, 6.07) is 13.3. The fourth-order valence-electron chi connectivity index (χ4n) is 4.68. The topological polar surface area (TPSA) is 56.0 Å². The summed E-state index contributed by atoms with van der Waals surface area (Å²) in [5.41, 5.74) is 2.67. The van der Waals surface area contributed by atoms with Crippen LogP contribution in [-0.4, -0.2) is 55.5 Å². The molecule has 176 valence electrons. The van der Waals surface area contributed by atoms with E-state index in [0.29, 0.717) is 0 Å². The van der Waals surface area contributed by atoms with Crippen LogP contribution < -0.4 is 10.6 Å². The van der Waals surface area contributed by atoms with Crippen LogP contribution in [0.25, 0.3) is 0 Å². The van der Waals surface area contributed by atoms with Crippen molar-refractivity contribution >= 4 is 29.9 Å². The molecule has 6 nitrogen and oxygen atoms in total. The minimum Gasteiger partial charge on any atom is -0.468 e. The highest BCUT2D eigenvalue weighted by Crippen LogP contribution is 2.24. The molecule has 0 saturated carbocycles. The number of furan rings is 1. The first-order valence-corrected chi connectivity index (χ1v) is 11.8. The summed E-state index contributed by atoms with van der Waals surface area (Å²) in [6.45, 7) is 7.34. The van der Waals surface area contributed by atoms with Gasteiger partial charge in [-0.15, -0.1) is 24.0 Å². The Hall–Kier alpha value is -1.58. The van der Waals surface area contributed by atoms with E-state index in [1.54, 1.807) is 6.26 Å². The summed E-state index contributed by atoms with van der Waals surface area (Å²) in [5.74, 6) is 1.85. The first kappa shape index (κ1) is 25.1. The van der Waals surface area contributed by atoms with E-state index in [2.05, 4.69) is 55.8 Å². The lowest BCUT2D eigenvalue weighted by Gasteiger charge is -2.27. The summed E-state index contributed by atoms with van der Waals surface area (Å²) in [4.78, 5) is 9.48. The van der Waals surface area contributed by atoms with Crippen molar-refractivity contribution in [3.05, 3.63) is 59.5 Å². The molecule has 1 unspecified atom stereocenters. The highest BCUT2D eigenvalue weighted by molar-refractivity contribution is 14.0. The Morgan fingerprint density at radius 3 is 2.28 bits per heavy atom. The van der Waals surface area contributed by atoms with Crippen molar-refractivity contribution in [2.75, 3.05) is 39.8 Å². The Labute approximate surface area is 209 Å². The maximum absolute atomic E-state index is 5.72. The molecule has 1 atom stereocenters. The van der Waals surface area contributed by atoms with Crippen LogP contribution in [0.3, 0.4) is 0 Å². The van der Waals surface area contributed by atoms with E-state index in [4.69, 9.17) is 4.42 Å². The number of likely N-dealkylation sites (tertiary alicyclic amines) is 2. The molecule has 2 saturated heterocycles. The van der Waals surface area contributed by atoms with E-state index in [9.17, 15) is 0 Å². The van der Waals surface area contributed by atoms with Crippen LogP contribution in [0, 0.1) is 0 Å². The van der Waals surface area contributed by atoms with Crippen LogP contribution in [0.2, 0.25) is 0 Å². The number of nitrogens with zero attached hydrogens (tertiary/aromatic N) is 3. The third-order valence-electron chi connectivity index (χ3n) is 6.48. The highest BCUT2D eigenvalue weighted by atomic mass is 127. The zero-order chi connectivity index (χ0) is 21.3. The molecule has 0 amide bonds. The minimum atomic E-state index is 0. The largest absolute Gasteiger partial charge is 0.468 e. The van der Waals surface area contributed by atoms with Crippen molar-refractivity contribution in [3.8, 4) is 0 Å². The lowest BCUT2D eigenvalue weighted by molar-refractivity contribution is 0.215. The number of halogens is 1. The van der Waals surface area contributed by atoms with Crippen molar-refractivity contribution in [2.24, 2.45) is 4.99 Å². The van der Waals surface area contributed by atoms with Gasteiger partial charge < -0.3 is 15.1 Å². The molecular weight excluding hydrogens is 513 g/mol. The second-order valence-corrected chi connectivity index (χ2v) is 8.73. The summed E-state index contributed by atoms with van der Waals surface area (Å²) in [7, 11) is 1.83. The van der Waals surface area contributed by atoms with E-state index in [0.717, 1.165) is 44.4 Å². The Bertz CT molecular complexity index is 796. The normalized spacial score (nSPS) is 18.8. The number of piperidine rings is 1. The molecule has 4 rings (SSSR count). The fraction of sp³-hybridized carbons (Fsp3) is 0.560. The lowest BCUT2D eigenvalue weighted by Crippen LogP contribution is -2.42. The quantitative estimate of drug-likeness (QED) is 0.290. The van der Waals surface area contributed by atoms with Crippen molar-refractivity contribution < 1.29 is 4.42 Å². The van der Waals surface area contributed by atoms with Crippen LogP contribution in [0.4, 0.5) is 0 Å². The Balaban J connectivity index is 0.00000289. The molecule has 32 heavy (non-hydrogen) atoms. The van der Waals surface area contributed by atoms with Crippen molar-refractivity contribution in [2.45, 2.75) is 51.2 Å². The number of rotatable bonds is 8. The maximum Gasteiger partial charge on any atom is 0.191 e. The zero-order valence-electron chi connectivity index (χ0n) is 19.3. The molecule has 2 aliphatic rings. The fourth-order valence-corrected chi connectivity index (χ4v) is 4.68. The van der Waals surface area contributed by atoms with Gasteiger partial charge in [-0.25, -0.2) is 0 Å². The predicted octanol–water partition coefficient (Wildman–Crippen LogP) is 4.39. The average molecular weight is 552 g/mol. The highest BCUT2D eigenvalue weighted by Gasteiger charge is 2.25. The van der Waals surface area contributed by atoms with Gasteiger partial charge in [0.15, 0.2) is 5.96 Å². The number of nitrogens with one attached hydrogen (secondary N) is 2. The number of hydrogen-bond acceptors (Lipinski definition) is 4. The van der Waals surface area contributed by atoms with Gasteiger partial charge in [-0.2, -0.15) is 0 Å². The molecule has 1 aromatic heterocycles. The molecule has 2 aliphatic heterocycles. The molecule has 3 heterocycles. The predicted molar refractivity (Wildman–Crippen MR) is 141 cm³/mol. The van der Waals surface area contributed by atoms with Gasteiger partial charge in [-0.3, -0.25) is 14.8 Å². The molecule has 1 aromatic carbocycles. The summed E-state index contributed by atoms with van der Waals surface area (Å²) in [6.07, 6.45) is 8.35. The molecule has 2 aromatic rings. The third-order valence-corrected chi connectivity index (χ3v) is 6.48. The number of guanidine groups is 1. The standard InChI is InChI=1S/C25H37N5O.HI/c1-26-25(28-19-23(24-8-7-17-31-24)30-15-5-6-16-30)27-18-21-9-11-22(12-10-21)20-29-13-3-2-4-14-29;/h7-12,17,23H,2-6,13-16,18-20H2,1H3,(H2,26,27,28);1H. The van der Waals surface area contributed by atoms with Gasteiger partial charge in [0.25, 0.3) is 0 Å². The number of aliphatic imine (C=N–C) groups is 1. The van der Waals surface area contributed by atoms with Gasteiger partial charge in [-0.05, 0) is 75.1 Å². The molecule has 7 heteroatoms. The molecule has 0 bridgehead atoms. The van der Waals surface area contributed by atoms with Gasteiger partial charge >= 0.3 is 0 Å². The maximum atomic E-state index is 5.72. The van der Waals surface area contributed by atoms with Gasteiger partial charge in [0, 0.05) is 26.7 Å². The molecule has 0 spiro atoms. The number of benzene rings is 1. The molecular formula is C25H38IN5O. The Morgan fingerprint density at radius 2 is 1.62 bits per heavy atom. The zero-order valence-corrected chi connectivity index (χ0v) is 21.6. The van der Waals surface area contributed by atoms with Gasteiger partial charge in [0.05, 0.1) is 12.3 Å². The van der Waals surface area contributed by atoms with E-state index < -0.39 is 0 Å². The Kier molecular flexibility index (Phi) is 10.3. The monoisotopic (exact) mass is 551 g/mol. The Morgan fingerprint density at radius 1 is 0.938 bits per heavy atom. The third kappa shape index (κ3) is 7.22. The van der Waals surface area contributed by atoms with Crippen LogP contribution in [-0.2, 0) is 13.1 Å². The molecule has 0 radical (unpaired) electrons. The van der Waals surface area contributed by atoms with E-state index in [1.807, 2.05) is 13.1 Å². The molecule has 0 aliphatic carbocycles. The van der Waals surface area contributed by atoms with E-state index in [-0.39, 0.29) is 30.0 Å². The van der Waals surface area contributed by atoms with Crippen LogP contribution in [0.1, 0.15) is 55.0 Å². The van der Waals surface area contributed by atoms with Crippen molar-refractivity contribution in [3.63, 3.8) is 0 Å². The van der Waals surface area contributed by atoms with Gasteiger partial charge in [-0.1, -0.05) is 30.7 Å². The number of hydrogen-bond donors (Lipinski definition) is 2. The SMILES string of the molecule is CN=C(NCc1ccc(CN2CCCCC2)cc1)NCC(c1ccco1)N1CCCC1.I. The molecule has 2 N–H and O–H groups in total. The van der Waals surface area contributed by atoms with Crippen LogP contribution in [0.5, 0.6) is 0 Å². The van der Waals surface area contributed by atoms with Crippen LogP contribution >= 0.6 is 24.0 Å². The smallest absolute Gasteiger partial charge is 0.191 e. The summed E-state index contributed by atoms with van der Waals surface area (Å²) >= 11 is 0. The van der Waals surface area contributed by atoms with Gasteiger partial charge in [0.2, 0.25) is 0 Å². The van der Waals surface area contributed by atoms with Gasteiger partial charge in [0.1, 0.15) is 5.76 Å². The first-order valence-electron chi connectivity index (χ1n) is 11.8.